The van der Waals surface area contributed by atoms with Crippen LogP contribution in [0, 0.1) is 0 Å². The van der Waals surface area contributed by atoms with Crippen molar-refractivity contribution in [2.24, 2.45) is 5.73 Å². The van der Waals surface area contributed by atoms with Crippen molar-refractivity contribution in [1.29, 1.82) is 0 Å². The van der Waals surface area contributed by atoms with E-state index in [9.17, 15) is 0 Å². The Bertz CT molecular complexity index is 318. The molecule has 1 aromatic rings. The third-order valence-electron chi connectivity index (χ3n) is 1.89. The van der Waals surface area contributed by atoms with Gasteiger partial charge in [0.1, 0.15) is 0 Å². The predicted molar refractivity (Wildman–Crippen MR) is 67.9 cm³/mol. The van der Waals surface area contributed by atoms with Crippen LogP contribution in [0.25, 0.3) is 0 Å². The quantitative estimate of drug-likeness (QED) is 0.854. The summed E-state index contributed by atoms with van der Waals surface area (Å²) in [6, 6.07) is 6.36. The van der Waals surface area contributed by atoms with Crippen LogP contribution in [0.1, 0.15) is 19.4 Å². The maximum absolute atomic E-state index is 6.02. The van der Waals surface area contributed by atoms with Crippen LogP contribution in [0.2, 0.25) is 0 Å². The molecule has 3 heteroatoms. The van der Waals surface area contributed by atoms with E-state index >= 15 is 0 Å². The van der Waals surface area contributed by atoms with Gasteiger partial charge in [0.25, 0.3) is 0 Å². The Labute approximate surface area is 98.6 Å². The van der Waals surface area contributed by atoms with E-state index in [2.05, 4.69) is 54.2 Å². The molecule has 0 aromatic heterocycles. The first-order valence-electron chi connectivity index (χ1n) is 4.54. The summed E-state index contributed by atoms with van der Waals surface area (Å²) in [5.74, 6) is 0. The molecule has 1 nitrogen and oxygen atoms in total. The monoisotopic (exact) mass is 273 g/mol. The van der Waals surface area contributed by atoms with Crippen LogP contribution in [-0.4, -0.2) is 11.8 Å². The van der Waals surface area contributed by atoms with Crippen LogP contribution in [0.5, 0.6) is 0 Å². The third kappa shape index (κ3) is 3.64. The van der Waals surface area contributed by atoms with Gasteiger partial charge in [-0.2, -0.15) is 0 Å². The molecule has 0 spiro atoms. The van der Waals surface area contributed by atoms with Gasteiger partial charge in [0.2, 0.25) is 0 Å². The SMILES string of the molecule is CSc1ccc(Br)cc1CC(C)(C)N. The highest BCUT2D eigenvalue weighted by Crippen LogP contribution is 2.26. The smallest absolute Gasteiger partial charge is 0.0178 e. The Morgan fingerprint density at radius 3 is 2.57 bits per heavy atom. The molecule has 78 valence electrons. The zero-order valence-electron chi connectivity index (χ0n) is 8.80. The zero-order valence-corrected chi connectivity index (χ0v) is 11.2. The number of benzene rings is 1. The molecule has 0 atom stereocenters. The van der Waals surface area contributed by atoms with Gasteiger partial charge >= 0.3 is 0 Å². The first-order chi connectivity index (χ1) is 6.42. The Morgan fingerprint density at radius 1 is 1.43 bits per heavy atom. The Hall–Kier alpha value is 0.01000. The van der Waals surface area contributed by atoms with Gasteiger partial charge in [-0.15, -0.1) is 11.8 Å². The fraction of sp³-hybridized carbons (Fsp3) is 0.455. The van der Waals surface area contributed by atoms with E-state index in [1.807, 2.05) is 0 Å². The van der Waals surface area contributed by atoms with Gasteiger partial charge in [-0.25, -0.2) is 0 Å². The second kappa shape index (κ2) is 4.69. The van der Waals surface area contributed by atoms with Crippen molar-refractivity contribution >= 4 is 27.7 Å². The van der Waals surface area contributed by atoms with E-state index < -0.39 is 0 Å². The van der Waals surface area contributed by atoms with Crippen molar-refractivity contribution < 1.29 is 0 Å². The average molecular weight is 274 g/mol. The molecule has 0 unspecified atom stereocenters. The van der Waals surface area contributed by atoms with E-state index in [4.69, 9.17) is 5.73 Å². The summed E-state index contributed by atoms with van der Waals surface area (Å²) in [5, 5.41) is 0. The average Bonchev–Trinajstić information content (AvgIpc) is 2.01. The van der Waals surface area contributed by atoms with Crippen LogP contribution >= 0.6 is 27.7 Å². The molecule has 1 aromatic carbocycles. The lowest BCUT2D eigenvalue weighted by atomic mass is 9.96. The van der Waals surface area contributed by atoms with Crippen molar-refractivity contribution in [3.8, 4) is 0 Å². The molecule has 0 aliphatic carbocycles. The van der Waals surface area contributed by atoms with E-state index in [1.54, 1.807) is 11.8 Å². The minimum Gasteiger partial charge on any atom is -0.325 e. The predicted octanol–water partition coefficient (Wildman–Crippen LogP) is 3.45. The van der Waals surface area contributed by atoms with Gasteiger partial charge in [-0.1, -0.05) is 15.9 Å². The van der Waals surface area contributed by atoms with Gasteiger partial charge < -0.3 is 5.73 Å². The van der Waals surface area contributed by atoms with Gasteiger partial charge in [-0.05, 0) is 50.3 Å². The molecule has 0 aliphatic rings. The highest BCUT2D eigenvalue weighted by Gasteiger charge is 2.14. The molecule has 0 radical (unpaired) electrons. The van der Waals surface area contributed by atoms with Crippen LogP contribution in [0.4, 0.5) is 0 Å². The first kappa shape index (κ1) is 12.1. The Kier molecular flexibility index (Phi) is 4.04. The van der Waals surface area contributed by atoms with E-state index in [-0.39, 0.29) is 5.54 Å². The summed E-state index contributed by atoms with van der Waals surface area (Å²) in [6.45, 7) is 4.11. The lowest BCUT2D eigenvalue weighted by Gasteiger charge is -2.20. The van der Waals surface area contributed by atoms with Crippen LogP contribution in [0.15, 0.2) is 27.6 Å². The van der Waals surface area contributed by atoms with Crippen molar-refractivity contribution in [1.82, 2.24) is 0 Å². The summed E-state index contributed by atoms with van der Waals surface area (Å²) in [7, 11) is 0. The van der Waals surface area contributed by atoms with Gasteiger partial charge in [0.15, 0.2) is 0 Å². The minimum absolute atomic E-state index is 0.148. The lowest BCUT2D eigenvalue weighted by molar-refractivity contribution is 0.513. The minimum atomic E-state index is -0.148. The molecule has 14 heavy (non-hydrogen) atoms. The molecule has 1 rings (SSSR count). The fourth-order valence-corrected chi connectivity index (χ4v) is 2.38. The van der Waals surface area contributed by atoms with E-state index in [0.29, 0.717) is 0 Å². The molecule has 0 bridgehead atoms. The van der Waals surface area contributed by atoms with Gasteiger partial charge in [0, 0.05) is 14.9 Å². The molecular formula is C11H16BrNS. The lowest BCUT2D eigenvalue weighted by Crippen LogP contribution is -2.34. The van der Waals surface area contributed by atoms with Crippen molar-refractivity contribution in [3.05, 3.63) is 28.2 Å². The molecule has 0 saturated carbocycles. The number of hydrogen-bond donors (Lipinski definition) is 1. The number of nitrogens with two attached hydrogens (primary N) is 1. The highest BCUT2D eigenvalue weighted by molar-refractivity contribution is 9.10. The van der Waals surface area contributed by atoms with Crippen molar-refractivity contribution in [2.75, 3.05) is 6.26 Å². The topological polar surface area (TPSA) is 26.0 Å². The normalized spacial score (nSPS) is 11.8. The number of hydrogen-bond acceptors (Lipinski definition) is 2. The summed E-state index contributed by atoms with van der Waals surface area (Å²) < 4.78 is 1.12. The van der Waals surface area contributed by atoms with Crippen LogP contribution in [-0.2, 0) is 6.42 Å². The second-order valence-electron chi connectivity index (χ2n) is 4.12. The fourth-order valence-electron chi connectivity index (χ4n) is 1.38. The molecule has 0 saturated heterocycles. The summed E-state index contributed by atoms with van der Waals surface area (Å²) in [6.07, 6.45) is 3.00. The maximum atomic E-state index is 6.02. The zero-order chi connectivity index (χ0) is 10.8. The Morgan fingerprint density at radius 2 is 2.07 bits per heavy atom. The maximum Gasteiger partial charge on any atom is 0.0178 e. The molecule has 0 fully saturated rings. The first-order valence-corrected chi connectivity index (χ1v) is 6.55. The van der Waals surface area contributed by atoms with Crippen molar-refractivity contribution in [2.45, 2.75) is 30.7 Å². The van der Waals surface area contributed by atoms with Gasteiger partial charge in [0.05, 0.1) is 0 Å². The summed E-state index contributed by atoms with van der Waals surface area (Å²) in [4.78, 5) is 1.31. The Balaban J connectivity index is 2.99. The molecule has 0 amide bonds. The molecule has 0 heterocycles. The summed E-state index contributed by atoms with van der Waals surface area (Å²) in [5.41, 5.74) is 7.19. The number of halogens is 1. The van der Waals surface area contributed by atoms with Crippen LogP contribution < -0.4 is 5.73 Å². The molecule has 2 N–H and O–H groups in total. The standard InChI is InChI=1S/C11H16BrNS/c1-11(2,13)7-8-6-9(12)4-5-10(8)14-3/h4-6H,7,13H2,1-3H3. The second-order valence-corrected chi connectivity index (χ2v) is 5.89. The summed E-state index contributed by atoms with van der Waals surface area (Å²) >= 11 is 5.25. The number of thioether (sulfide) groups is 1. The largest absolute Gasteiger partial charge is 0.325 e. The molecule has 0 aliphatic heterocycles. The van der Waals surface area contributed by atoms with E-state index in [0.717, 1.165) is 10.9 Å². The van der Waals surface area contributed by atoms with Crippen molar-refractivity contribution in [3.63, 3.8) is 0 Å². The molecular weight excluding hydrogens is 258 g/mol. The number of rotatable bonds is 3. The van der Waals surface area contributed by atoms with E-state index in [1.165, 1.54) is 10.5 Å². The van der Waals surface area contributed by atoms with Gasteiger partial charge in [-0.3, -0.25) is 0 Å². The highest BCUT2D eigenvalue weighted by atomic mass is 79.9. The van der Waals surface area contributed by atoms with Crippen LogP contribution in [0.3, 0.4) is 0 Å². The third-order valence-corrected chi connectivity index (χ3v) is 3.22.